The molecule has 2 rings (SSSR count). The van der Waals surface area contributed by atoms with Gasteiger partial charge in [0.15, 0.2) is 0 Å². The standard InChI is InChI=1S/C10H12BNO3/c1-7-6-14-11(15-7)9-5-3-2-4-8(9)10(12)13/h2-5,7H,6H2,1H3,(H2,12,13). The van der Waals surface area contributed by atoms with Crippen molar-refractivity contribution in [1.29, 1.82) is 0 Å². The first-order valence-electron chi connectivity index (χ1n) is 4.84. The Balaban J connectivity index is 2.31. The highest BCUT2D eigenvalue weighted by molar-refractivity contribution is 6.63. The Bertz CT molecular complexity index is 383. The summed E-state index contributed by atoms with van der Waals surface area (Å²) in [5.41, 5.74) is 6.43. The van der Waals surface area contributed by atoms with Crippen LogP contribution >= 0.6 is 0 Å². The normalized spacial score (nSPS) is 20.6. The van der Waals surface area contributed by atoms with Crippen molar-refractivity contribution in [2.75, 3.05) is 6.61 Å². The van der Waals surface area contributed by atoms with Crippen LogP contribution in [0.25, 0.3) is 0 Å². The van der Waals surface area contributed by atoms with Gasteiger partial charge in [0.2, 0.25) is 5.91 Å². The summed E-state index contributed by atoms with van der Waals surface area (Å²) in [5, 5.41) is 0. The molecule has 1 unspecified atom stereocenters. The number of carbonyl (C=O) groups is 1. The summed E-state index contributed by atoms with van der Waals surface area (Å²) in [4.78, 5) is 11.2. The van der Waals surface area contributed by atoms with E-state index in [9.17, 15) is 4.79 Å². The number of amides is 1. The monoisotopic (exact) mass is 205 g/mol. The molecular formula is C10H12BNO3. The fraction of sp³-hybridized carbons (Fsp3) is 0.300. The molecule has 0 bridgehead atoms. The van der Waals surface area contributed by atoms with Gasteiger partial charge in [0, 0.05) is 5.56 Å². The van der Waals surface area contributed by atoms with E-state index in [4.69, 9.17) is 15.0 Å². The molecule has 15 heavy (non-hydrogen) atoms. The van der Waals surface area contributed by atoms with Gasteiger partial charge in [-0.05, 0) is 18.5 Å². The number of nitrogens with two attached hydrogens (primary N) is 1. The molecule has 5 heteroatoms. The lowest BCUT2D eigenvalue weighted by Gasteiger charge is -2.08. The van der Waals surface area contributed by atoms with Gasteiger partial charge in [-0.25, -0.2) is 0 Å². The van der Waals surface area contributed by atoms with Crippen LogP contribution in [0.4, 0.5) is 0 Å². The molecule has 2 N–H and O–H groups in total. The molecule has 0 saturated carbocycles. The first kappa shape index (κ1) is 10.2. The quantitative estimate of drug-likeness (QED) is 0.686. The maximum absolute atomic E-state index is 11.2. The van der Waals surface area contributed by atoms with Crippen LogP contribution in [0.3, 0.4) is 0 Å². The lowest BCUT2D eigenvalue weighted by molar-refractivity contribution is 0.100. The predicted molar refractivity (Wildman–Crippen MR) is 56.8 cm³/mol. The molecule has 1 aliphatic rings. The van der Waals surface area contributed by atoms with Gasteiger partial charge in [-0.3, -0.25) is 4.79 Å². The van der Waals surface area contributed by atoms with Crippen LogP contribution in [0, 0.1) is 0 Å². The minimum Gasteiger partial charge on any atom is -0.405 e. The molecule has 1 saturated heterocycles. The van der Waals surface area contributed by atoms with Crippen molar-refractivity contribution in [2.45, 2.75) is 13.0 Å². The second-order valence-corrected chi connectivity index (χ2v) is 3.56. The van der Waals surface area contributed by atoms with E-state index in [1.165, 1.54) is 0 Å². The third-order valence-corrected chi connectivity index (χ3v) is 2.32. The molecule has 1 fully saturated rings. The summed E-state index contributed by atoms with van der Waals surface area (Å²) in [5.74, 6) is -0.461. The molecule has 0 aliphatic carbocycles. The third kappa shape index (κ3) is 2.03. The zero-order chi connectivity index (χ0) is 10.8. The lowest BCUT2D eigenvalue weighted by Crippen LogP contribution is -2.37. The average Bonchev–Trinajstić information content (AvgIpc) is 2.65. The van der Waals surface area contributed by atoms with Crippen molar-refractivity contribution >= 4 is 18.5 Å². The lowest BCUT2D eigenvalue weighted by atomic mass is 9.76. The first-order chi connectivity index (χ1) is 7.18. The molecular weight excluding hydrogens is 193 g/mol. The average molecular weight is 205 g/mol. The number of hydrogen-bond donors (Lipinski definition) is 1. The summed E-state index contributed by atoms with van der Waals surface area (Å²) < 4.78 is 10.9. The second kappa shape index (κ2) is 4.04. The van der Waals surface area contributed by atoms with Crippen LogP contribution in [0.2, 0.25) is 0 Å². The van der Waals surface area contributed by atoms with E-state index in [0.29, 0.717) is 17.6 Å². The van der Waals surface area contributed by atoms with Crippen LogP contribution in [-0.4, -0.2) is 25.7 Å². The number of carbonyl (C=O) groups excluding carboxylic acids is 1. The van der Waals surface area contributed by atoms with Crippen LogP contribution < -0.4 is 11.2 Å². The molecule has 78 valence electrons. The van der Waals surface area contributed by atoms with Crippen molar-refractivity contribution in [1.82, 2.24) is 0 Å². The van der Waals surface area contributed by atoms with Crippen LogP contribution in [0.1, 0.15) is 17.3 Å². The zero-order valence-electron chi connectivity index (χ0n) is 8.47. The Morgan fingerprint density at radius 3 is 2.87 bits per heavy atom. The van der Waals surface area contributed by atoms with Gasteiger partial charge < -0.3 is 15.0 Å². The van der Waals surface area contributed by atoms with E-state index < -0.39 is 13.0 Å². The molecule has 4 nitrogen and oxygen atoms in total. The number of primary amides is 1. The van der Waals surface area contributed by atoms with Crippen LogP contribution in [-0.2, 0) is 9.31 Å². The minimum atomic E-state index is -0.469. The van der Waals surface area contributed by atoms with Gasteiger partial charge in [0.1, 0.15) is 0 Å². The molecule has 1 atom stereocenters. The van der Waals surface area contributed by atoms with Crippen LogP contribution in [0.15, 0.2) is 24.3 Å². The van der Waals surface area contributed by atoms with Crippen molar-refractivity contribution in [3.63, 3.8) is 0 Å². The van der Waals surface area contributed by atoms with Crippen molar-refractivity contribution in [2.24, 2.45) is 5.73 Å². The second-order valence-electron chi connectivity index (χ2n) is 3.56. The fourth-order valence-corrected chi connectivity index (χ4v) is 1.60. The Labute approximate surface area is 88.5 Å². The van der Waals surface area contributed by atoms with Crippen molar-refractivity contribution in [3.8, 4) is 0 Å². The number of rotatable bonds is 2. The molecule has 0 aromatic heterocycles. The maximum Gasteiger partial charge on any atom is 0.495 e. The van der Waals surface area contributed by atoms with Gasteiger partial charge in [0.25, 0.3) is 0 Å². The Morgan fingerprint density at radius 2 is 2.27 bits per heavy atom. The SMILES string of the molecule is CC1COB(c2ccccc2C(N)=O)O1. The minimum absolute atomic E-state index is 0.0518. The summed E-state index contributed by atoms with van der Waals surface area (Å²) in [6.07, 6.45) is 0.0518. The van der Waals surface area contributed by atoms with E-state index in [1.54, 1.807) is 18.2 Å². The Kier molecular flexibility index (Phi) is 2.75. The van der Waals surface area contributed by atoms with Gasteiger partial charge in [-0.15, -0.1) is 0 Å². The molecule has 0 spiro atoms. The van der Waals surface area contributed by atoms with E-state index in [0.717, 1.165) is 0 Å². The summed E-state index contributed by atoms with van der Waals surface area (Å²) in [6, 6.07) is 7.07. The van der Waals surface area contributed by atoms with Crippen LogP contribution in [0.5, 0.6) is 0 Å². The summed E-state index contributed by atoms with van der Waals surface area (Å²) in [6.45, 7) is 2.46. The maximum atomic E-state index is 11.2. The fourth-order valence-electron chi connectivity index (χ4n) is 1.60. The van der Waals surface area contributed by atoms with Gasteiger partial charge in [0.05, 0.1) is 12.7 Å². The molecule has 1 aromatic rings. The topological polar surface area (TPSA) is 61.5 Å². The number of hydrogen-bond acceptors (Lipinski definition) is 3. The summed E-state index contributed by atoms with van der Waals surface area (Å²) >= 11 is 0. The largest absolute Gasteiger partial charge is 0.495 e. The molecule has 1 heterocycles. The molecule has 1 amide bonds. The van der Waals surface area contributed by atoms with Gasteiger partial charge in [-0.1, -0.05) is 18.2 Å². The van der Waals surface area contributed by atoms with Gasteiger partial charge in [-0.2, -0.15) is 0 Å². The molecule has 1 aliphatic heterocycles. The highest BCUT2D eigenvalue weighted by Gasteiger charge is 2.33. The molecule has 0 radical (unpaired) electrons. The highest BCUT2D eigenvalue weighted by Crippen LogP contribution is 2.09. The van der Waals surface area contributed by atoms with Gasteiger partial charge >= 0.3 is 7.12 Å². The zero-order valence-corrected chi connectivity index (χ0v) is 8.47. The molecule has 1 aromatic carbocycles. The summed E-state index contributed by atoms with van der Waals surface area (Å²) in [7, 11) is -0.469. The predicted octanol–water partition coefficient (Wildman–Crippen LogP) is -0.0840. The highest BCUT2D eigenvalue weighted by atomic mass is 16.6. The number of benzene rings is 1. The van der Waals surface area contributed by atoms with Crippen molar-refractivity contribution in [3.05, 3.63) is 29.8 Å². The van der Waals surface area contributed by atoms with Crippen molar-refractivity contribution < 1.29 is 14.1 Å². The first-order valence-corrected chi connectivity index (χ1v) is 4.84. The van der Waals surface area contributed by atoms with E-state index in [1.807, 2.05) is 13.0 Å². The van der Waals surface area contributed by atoms with E-state index in [-0.39, 0.29) is 6.10 Å². The Morgan fingerprint density at radius 1 is 1.53 bits per heavy atom. The third-order valence-electron chi connectivity index (χ3n) is 2.32. The smallest absolute Gasteiger partial charge is 0.405 e. The van der Waals surface area contributed by atoms with E-state index in [2.05, 4.69) is 0 Å². The Hall–Kier alpha value is -1.33. The van der Waals surface area contributed by atoms with E-state index >= 15 is 0 Å².